The summed E-state index contributed by atoms with van der Waals surface area (Å²) in [5.41, 5.74) is -0.435. The third-order valence-electron chi connectivity index (χ3n) is 7.30. The maximum Gasteiger partial charge on any atom is 0.416 e. The van der Waals surface area contributed by atoms with Crippen molar-refractivity contribution in [1.29, 1.82) is 5.26 Å². The molecule has 1 aliphatic heterocycles. The molecule has 0 aliphatic carbocycles. The van der Waals surface area contributed by atoms with Crippen LogP contribution in [0.3, 0.4) is 0 Å². The Balaban J connectivity index is 1.47. The summed E-state index contributed by atoms with van der Waals surface area (Å²) in [5.74, 6) is -0.619. The summed E-state index contributed by atoms with van der Waals surface area (Å²) in [5, 5.41) is 21.1. The molecule has 1 aromatic heterocycles. The fourth-order valence-corrected chi connectivity index (χ4v) is 5.66. The van der Waals surface area contributed by atoms with E-state index < -0.39 is 71.4 Å². The molecule has 0 radical (unpaired) electrons. The van der Waals surface area contributed by atoms with Crippen molar-refractivity contribution >= 4 is 21.7 Å². The van der Waals surface area contributed by atoms with Crippen LogP contribution in [0.4, 0.5) is 27.9 Å². The van der Waals surface area contributed by atoms with Crippen molar-refractivity contribution in [2.45, 2.75) is 55.1 Å². The summed E-state index contributed by atoms with van der Waals surface area (Å²) < 4.78 is 101. The van der Waals surface area contributed by atoms with Crippen LogP contribution in [0, 0.1) is 11.3 Å². The number of alkyl halides is 5. The van der Waals surface area contributed by atoms with Crippen LogP contribution < -0.4 is 15.0 Å². The number of nitriles is 1. The van der Waals surface area contributed by atoms with Crippen molar-refractivity contribution in [2.24, 2.45) is 0 Å². The van der Waals surface area contributed by atoms with Crippen LogP contribution in [-0.2, 0) is 20.8 Å². The van der Waals surface area contributed by atoms with E-state index in [-0.39, 0.29) is 40.9 Å². The Hall–Kier alpha value is -4.40. The number of carbonyl (C=O) groups excluding carboxylic acids is 1. The third kappa shape index (κ3) is 9.11. The Labute approximate surface area is 266 Å². The number of hydrogen-bond donors (Lipinski definition) is 2. The first-order chi connectivity index (χ1) is 22.2. The molecule has 2 N–H and O–H groups in total. The average Bonchev–Trinajstić information content (AvgIpc) is 3.45. The van der Waals surface area contributed by atoms with Gasteiger partial charge in [-0.25, -0.2) is 18.4 Å². The number of carbonyl (C=O) groups is 1. The van der Waals surface area contributed by atoms with E-state index in [1.165, 1.54) is 54.6 Å². The highest BCUT2D eigenvalue weighted by atomic mass is 32.2. The number of halogens is 5. The second kappa shape index (κ2) is 14.6. The molecule has 4 rings (SSSR count). The molecule has 1 unspecified atom stereocenters. The average molecular weight is 684 g/mol. The maximum absolute atomic E-state index is 14.0. The van der Waals surface area contributed by atoms with Crippen LogP contribution in [0.15, 0.2) is 65.8 Å². The highest BCUT2D eigenvalue weighted by Crippen LogP contribution is 2.32. The monoisotopic (exact) mass is 683 g/mol. The zero-order chi connectivity index (χ0) is 34.4. The van der Waals surface area contributed by atoms with Crippen molar-refractivity contribution in [1.82, 2.24) is 15.3 Å². The van der Waals surface area contributed by atoms with Gasteiger partial charge >= 0.3 is 12.3 Å². The predicted molar refractivity (Wildman–Crippen MR) is 156 cm³/mol. The minimum atomic E-state index is -4.54. The van der Waals surface area contributed by atoms with Crippen molar-refractivity contribution in [2.75, 3.05) is 30.4 Å². The molecule has 17 heteroatoms. The summed E-state index contributed by atoms with van der Waals surface area (Å²) in [4.78, 5) is 22.9. The van der Waals surface area contributed by atoms with E-state index in [1.54, 1.807) is 0 Å². The van der Waals surface area contributed by atoms with E-state index in [0.717, 1.165) is 24.3 Å². The normalized spacial score (nSPS) is 17.6. The largest absolute Gasteiger partial charge is 0.489 e. The second-order valence-electron chi connectivity index (χ2n) is 10.5. The zero-order valence-corrected chi connectivity index (χ0v) is 25.6. The SMILES string of the molecule is CCS(=O)(=O)c1ccc([C@H](CO)NC(=O)c2cnc(N3CC(Oc4ccc(C(F)(F)F)cc4)C[C@H]3COC(F)(F)CC#N)nc2)cc1. The molecule has 1 fully saturated rings. The van der Waals surface area contributed by atoms with E-state index in [4.69, 9.17) is 14.7 Å². The second-order valence-corrected chi connectivity index (χ2v) is 12.8. The summed E-state index contributed by atoms with van der Waals surface area (Å²) in [6.07, 6.45) is -7.70. The number of sulfone groups is 1. The van der Waals surface area contributed by atoms with Crippen molar-refractivity contribution in [3.8, 4) is 11.8 Å². The molecule has 3 atom stereocenters. The van der Waals surface area contributed by atoms with E-state index in [0.29, 0.717) is 5.56 Å². The molecule has 2 aromatic carbocycles. The van der Waals surface area contributed by atoms with Crippen molar-refractivity contribution < 1.29 is 49.7 Å². The fourth-order valence-electron chi connectivity index (χ4n) is 4.78. The third-order valence-corrected chi connectivity index (χ3v) is 9.05. The van der Waals surface area contributed by atoms with Gasteiger partial charge in [-0.05, 0) is 42.0 Å². The molecule has 0 bridgehead atoms. The Kier molecular flexibility index (Phi) is 11.0. The van der Waals surface area contributed by atoms with E-state index in [2.05, 4.69) is 15.3 Å². The maximum atomic E-state index is 14.0. The number of benzene rings is 2. The number of aromatic nitrogens is 2. The van der Waals surface area contributed by atoms with Crippen LogP contribution in [-0.4, -0.2) is 73.2 Å². The van der Waals surface area contributed by atoms with Gasteiger partial charge in [-0.1, -0.05) is 19.1 Å². The number of ether oxygens (including phenoxy) is 2. The summed E-state index contributed by atoms with van der Waals surface area (Å²) in [6.45, 7) is 0.469. The fraction of sp³-hybridized carbons (Fsp3) is 0.400. The van der Waals surface area contributed by atoms with E-state index in [1.807, 2.05) is 0 Å². The number of anilines is 1. The number of hydrogen-bond acceptors (Lipinski definition) is 10. The van der Waals surface area contributed by atoms with Crippen LogP contribution in [0.25, 0.3) is 0 Å². The highest BCUT2D eigenvalue weighted by Gasteiger charge is 2.39. The predicted octanol–water partition coefficient (Wildman–Crippen LogP) is 4.30. The minimum absolute atomic E-state index is 0.0116. The lowest BCUT2D eigenvalue weighted by Gasteiger charge is -2.25. The van der Waals surface area contributed by atoms with E-state index >= 15 is 0 Å². The number of rotatable bonds is 13. The van der Waals surface area contributed by atoms with Crippen LogP contribution in [0.2, 0.25) is 0 Å². The van der Waals surface area contributed by atoms with Gasteiger partial charge in [0, 0.05) is 18.8 Å². The molecule has 1 amide bonds. The van der Waals surface area contributed by atoms with Crippen LogP contribution in [0.1, 0.15) is 47.3 Å². The first kappa shape index (κ1) is 35.5. The Morgan fingerprint density at radius 1 is 1.11 bits per heavy atom. The highest BCUT2D eigenvalue weighted by molar-refractivity contribution is 7.91. The quantitative estimate of drug-likeness (QED) is 0.249. The molecule has 0 spiro atoms. The first-order valence-electron chi connectivity index (χ1n) is 14.2. The number of aliphatic hydroxyl groups excluding tert-OH is 1. The van der Waals surface area contributed by atoms with Crippen molar-refractivity contribution in [3.63, 3.8) is 0 Å². The Morgan fingerprint density at radius 3 is 2.30 bits per heavy atom. The first-order valence-corrected chi connectivity index (χ1v) is 15.9. The summed E-state index contributed by atoms with van der Waals surface area (Å²) >= 11 is 0. The van der Waals surface area contributed by atoms with E-state index in [9.17, 15) is 40.3 Å². The molecule has 0 saturated carbocycles. The van der Waals surface area contributed by atoms with Gasteiger partial charge in [0.05, 0.1) is 59.7 Å². The Bertz CT molecular complexity index is 1670. The molecule has 2 heterocycles. The molecule has 47 heavy (non-hydrogen) atoms. The lowest BCUT2D eigenvalue weighted by molar-refractivity contribution is -0.236. The van der Waals surface area contributed by atoms with Crippen LogP contribution in [0.5, 0.6) is 5.75 Å². The number of nitrogens with zero attached hydrogens (tertiary/aromatic N) is 4. The van der Waals surface area contributed by atoms with Gasteiger partial charge < -0.3 is 24.8 Å². The molecule has 3 aromatic rings. The molecule has 1 aliphatic rings. The van der Waals surface area contributed by atoms with Gasteiger partial charge in [0.15, 0.2) is 9.84 Å². The zero-order valence-electron chi connectivity index (χ0n) is 24.8. The summed E-state index contributed by atoms with van der Waals surface area (Å²) in [6, 6.07) is 9.35. The van der Waals surface area contributed by atoms with Gasteiger partial charge in [0.1, 0.15) is 18.3 Å². The number of nitrogens with one attached hydrogen (secondary N) is 1. The Morgan fingerprint density at radius 2 is 1.74 bits per heavy atom. The molecule has 1 saturated heterocycles. The topological polar surface area (TPSA) is 155 Å². The van der Waals surface area contributed by atoms with Gasteiger partial charge in [-0.2, -0.15) is 27.2 Å². The number of aliphatic hydroxyl groups is 1. The molecular formula is C30H30F5N5O6S. The molecular weight excluding hydrogens is 653 g/mol. The van der Waals surface area contributed by atoms with Gasteiger partial charge in [0.25, 0.3) is 5.91 Å². The lowest BCUT2D eigenvalue weighted by atomic mass is 10.1. The van der Waals surface area contributed by atoms with Gasteiger partial charge in [-0.3, -0.25) is 4.79 Å². The molecule has 252 valence electrons. The van der Waals surface area contributed by atoms with Gasteiger partial charge in [-0.15, -0.1) is 0 Å². The smallest absolute Gasteiger partial charge is 0.416 e. The lowest BCUT2D eigenvalue weighted by Crippen LogP contribution is -2.37. The van der Waals surface area contributed by atoms with Crippen LogP contribution >= 0.6 is 0 Å². The van der Waals surface area contributed by atoms with Gasteiger partial charge in [0.2, 0.25) is 5.95 Å². The standard InChI is InChI=1S/C30H30F5N5O6S/c1-2-47(43,44)25-9-3-19(4-10-25)26(17-41)39-27(42)20-14-37-28(38-15-20)40-16-24(13-22(40)18-45-29(31,32)11-12-36)46-23-7-5-21(6-8-23)30(33,34)35/h3-10,14-15,22,24,26,41H,2,11,13,16-18H2,1H3,(H,39,42)/t22-,24?,26-/m0/s1. The van der Waals surface area contributed by atoms with Crippen molar-refractivity contribution in [3.05, 3.63) is 77.6 Å². The summed E-state index contributed by atoms with van der Waals surface area (Å²) in [7, 11) is -3.44. The minimum Gasteiger partial charge on any atom is -0.489 e. The number of amides is 1. The molecule has 11 nitrogen and oxygen atoms in total.